The maximum atomic E-state index is 5.98. The van der Waals surface area contributed by atoms with E-state index in [4.69, 9.17) is 4.74 Å². The van der Waals surface area contributed by atoms with Crippen molar-refractivity contribution in [3.05, 3.63) is 0 Å². The van der Waals surface area contributed by atoms with Crippen molar-refractivity contribution in [3.63, 3.8) is 0 Å². The van der Waals surface area contributed by atoms with Crippen LogP contribution in [-0.2, 0) is 4.74 Å². The van der Waals surface area contributed by atoms with Gasteiger partial charge in [-0.1, -0.05) is 13.8 Å². The average molecular weight is 214 g/mol. The van der Waals surface area contributed by atoms with E-state index in [1.165, 1.54) is 25.8 Å². The van der Waals surface area contributed by atoms with Gasteiger partial charge in [0.2, 0.25) is 0 Å². The molecule has 0 amide bonds. The fraction of sp³-hybridized carbons (Fsp3) is 1.00. The lowest BCUT2D eigenvalue weighted by molar-refractivity contribution is 0.0282. The van der Waals surface area contributed by atoms with Crippen LogP contribution < -0.4 is 5.32 Å². The molecule has 0 aromatic carbocycles. The Morgan fingerprint density at radius 3 is 2.67 bits per heavy atom. The summed E-state index contributed by atoms with van der Waals surface area (Å²) < 4.78 is 5.98. The van der Waals surface area contributed by atoms with Crippen LogP contribution in [-0.4, -0.2) is 50.3 Å². The summed E-state index contributed by atoms with van der Waals surface area (Å²) in [5.41, 5.74) is 0. The zero-order valence-electron chi connectivity index (χ0n) is 10.5. The molecule has 2 unspecified atom stereocenters. The minimum atomic E-state index is 0.449. The molecule has 0 saturated carbocycles. The molecule has 0 bridgehead atoms. The number of hydrogen-bond donors (Lipinski definition) is 1. The highest BCUT2D eigenvalue weighted by molar-refractivity contribution is 4.77. The van der Waals surface area contributed by atoms with Gasteiger partial charge in [0.15, 0.2) is 0 Å². The SMILES string of the molecule is CCCN(C)CC1CCC(CNCC)O1. The second kappa shape index (κ2) is 7.20. The Bertz CT molecular complexity index is 164. The van der Waals surface area contributed by atoms with Gasteiger partial charge in [-0.2, -0.15) is 0 Å². The van der Waals surface area contributed by atoms with Crippen LogP contribution in [0, 0.1) is 0 Å². The van der Waals surface area contributed by atoms with E-state index in [0.717, 1.165) is 19.6 Å². The quantitative estimate of drug-likeness (QED) is 0.695. The highest BCUT2D eigenvalue weighted by Crippen LogP contribution is 2.19. The molecule has 1 fully saturated rings. The third-order valence-corrected chi connectivity index (χ3v) is 2.94. The Morgan fingerprint density at radius 2 is 2.00 bits per heavy atom. The molecule has 3 nitrogen and oxygen atoms in total. The van der Waals surface area contributed by atoms with Gasteiger partial charge in [-0.05, 0) is 39.4 Å². The topological polar surface area (TPSA) is 24.5 Å². The van der Waals surface area contributed by atoms with Crippen LogP contribution in [0.4, 0.5) is 0 Å². The van der Waals surface area contributed by atoms with Crippen molar-refractivity contribution in [2.75, 3.05) is 33.2 Å². The van der Waals surface area contributed by atoms with E-state index >= 15 is 0 Å². The largest absolute Gasteiger partial charge is 0.372 e. The van der Waals surface area contributed by atoms with Gasteiger partial charge in [-0.3, -0.25) is 0 Å². The average Bonchev–Trinajstić information content (AvgIpc) is 2.63. The van der Waals surface area contributed by atoms with Crippen molar-refractivity contribution in [1.82, 2.24) is 10.2 Å². The van der Waals surface area contributed by atoms with Gasteiger partial charge < -0.3 is 15.0 Å². The molecule has 0 spiro atoms. The maximum absolute atomic E-state index is 5.98. The highest BCUT2D eigenvalue weighted by Gasteiger charge is 2.25. The molecule has 1 rings (SSSR count). The molecule has 0 radical (unpaired) electrons. The standard InChI is InChI=1S/C12H26N2O/c1-4-8-14(3)10-12-7-6-11(15-12)9-13-5-2/h11-13H,4-10H2,1-3H3. The first kappa shape index (κ1) is 12.9. The summed E-state index contributed by atoms with van der Waals surface area (Å²) in [5, 5.41) is 3.35. The van der Waals surface area contributed by atoms with E-state index in [-0.39, 0.29) is 0 Å². The van der Waals surface area contributed by atoms with E-state index in [2.05, 4.69) is 31.1 Å². The second-order valence-electron chi connectivity index (χ2n) is 4.53. The first-order valence-electron chi connectivity index (χ1n) is 6.31. The summed E-state index contributed by atoms with van der Waals surface area (Å²) in [6.07, 6.45) is 4.58. The van der Waals surface area contributed by atoms with Crippen molar-refractivity contribution in [2.24, 2.45) is 0 Å². The van der Waals surface area contributed by atoms with Crippen LogP contribution >= 0.6 is 0 Å². The highest BCUT2D eigenvalue weighted by atomic mass is 16.5. The smallest absolute Gasteiger partial charge is 0.0707 e. The molecule has 1 aliphatic heterocycles. The zero-order valence-corrected chi connectivity index (χ0v) is 10.5. The minimum absolute atomic E-state index is 0.449. The maximum Gasteiger partial charge on any atom is 0.0707 e. The Hall–Kier alpha value is -0.120. The lowest BCUT2D eigenvalue weighted by atomic mass is 10.2. The zero-order chi connectivity index (χ0) is 11.1. The minimum Gasteiger partial charge on any atom is -0.372 e. The molecule has 0 aromatic rings. The molecule has 15 heavy (non-hydrogen) atoms. The van der Waals surface area contributed by atoms with Gasteiger partial charge in [0.05, 0.1) is 12.2 Å². The van der Waals surface area contributed by atoms with Crippen molar-refractivity contribution in [2.45, 2.75) is 45.3 Å². The molecule has 0 aliphatic carbocycles. The number of ether oxygens (including phenoxy) is 1. The van der Waals surface area contributed by atoms with Gasteiger partial charge in [-0.25, -0.2) is 0 Å². The summed E-state index contributed by atoms with van der Waals surface area (Å²) >= 11 is 0. The molecular weight excluding hydrogens is 188 g/mol. The van der Waals surface area contributed by atoms with Gasteiger partial charge in [0.25, 0.3) is 0 Å². The molecule has 2 atom stereocenters. The number of nitrogens with one attached hydrogen (secondary N) is 1. The van der Waals surface area contributed by atoms with E-state index in [1.807, 2.05) is 0 Å². The van der Waals surface area contributed by atoms with Gasteiger partial charge >= 0.3 is 0 Å². The number of nitrogens with zero attached hydrogens (tertiary/aromatic N) is 1. The number of hydrogen-bond acceptors (Lipinski definition) is 3. The monoisotopic (exact) mass is 214 g/mol. The first-order chi connectivity index (χ1) is 7.26. The third-order valence-electron chi connectivity index (χ3n) is 2.94. The molecule has 1 aliphatic rings. The predicted octanol–water partition coefficient (Wildman–Crippen LogP) is 1.49. The summed E-state index contributed by atoms with van der Waals surface area (Å²) in [7, 11) is 2.18. The van der Waals surface area contributed by atoms with Gasteiger partial charge in [-0.15, -0.1) is 0 Å². The fourth-order valence-corrected chi connectivity index (χ4v) is 2.19. The van der Waals surface area contributed by atoms with Gasteiger partial charge in [0, 0.05) is 13.1 Å². The third kappa shape index (κ3) is 4.96. The molecule has 90 valence electrons. The molecule has 1 N–H and O–H groups in total. The van der Waals surface area contributed by atoms with E-state index in [1.54, 1.807) is 0 Å². The van der Waals surface area contributed by atoms with Crippen LogP contribution in [0.5, 0.6) is 0 Å². The van der Waals surface area contributed by atoms with Crippen LogP contribution in [0.3, 0.4) is 0 Å². The van der Waals surface area contributed by atoms with E-state index < -0.39 is 0 Å². The van der Waals surface area contributed by atoms with Crippen LogP contribution in [0.1, 0.15) is 33.1 Å². The van der Waals surface area contributed by atoms with Crippen molar-refractivity contribution < 1.29 is 4.74 Å². The van der Waals surface area contributed by atoms with Crippen LogP contribution in [0.25, 0.3) is 0 Å². The van der Waals surface area contributed by atoms with Crippen molar-refractivity contribution in [3.8, 4) is 0 Å². The molecule has 1 saturated heterocycles. The van der Waals surface area contributed by atoms with E-state index in [9.17, 15) is 0 Å². The summed E-state index contributed by atoms with van der Waals surface area (Å²) in [6, 6.07) is 0. The van der Waals surface area contributed by atoms with Crippen LogP contribution in [0.2, 0.25) is 0 Å². The van der Waals surface area contributed by atoms with Crippen LogP contribution in [0.15, 0.2) is 0 Å². The fourth-order valence-electron chi connectivity index (χ4n) is 2.19. The Morgan fingerprint density at radius 1 is 1.27 bits per heavy atom. The summed E-state index contributed by atoms with van der Waals surface area (Å²) in [4.78, 5) is 2.38. The second-order valence-corrected chi connectivity index (χ2v) is 4.53. The molecule has 1 heterocycles. The normalized spacial score (nSPS) is 26.4. The molecular formula is C12H26N2O. The van der Waals surface area contributed by atoms with Crippen molar-refractivity contribution in [1.29, 1.82) is 0 Å². The van der Waals surface area contributed by atoms with E-state index in [0.29, 0.717) is 12.2 Å². The predicted molar refractivity (Wildman–Crippen MR) is 64.2 cm³/mol. The number of rotatable bonds is 7. The lowest BCUT2D eigenvalue weighted by Gasteiger charge is -2.20. The summed E-state index contributed by atoms with van der Waals surface area (Å²) in [5.74, 6) is 0. The Balaban J connectivity index is 2.12. The Kier molecular flexibility index (Phi) is 6.22. The summed E-state index contributed by atoms with van der Waals surface area (Å²) in [6.45, 7) is 8.69. The Labute approximate surface area is 94.2 Å². The first-order valence-corrected chi connectivity index (χ1v) is 6.31. The lowest BCUT2D eigenvalue weighted by Crippen LogP contribution is -2.32. The molecule has 3 heteroatoms. The number of likely N-dealkylation sites (N-methyl/N-ethyl adjacent to an activating group) is 2. The van der Waals surface area contributed by atoms with Crippen molar-refractivity contribution >= 4 is 0 Å². The molecule has 0 aromatic heterocycles. The van der Waals surface area contributed by atoms with Gasteiger partial charge in [0.1, 0.15) is 0 Å².